The van der Waals surface area contributed by atoms with Gasteiger partial charge in [-0.2, -0.15) is 0 Å². The van der Waals surface area contributed by atoms with E-state index < -0.39 is 11.8 Å². The van der Waals surface area contributed by atoms with Crippen molar-refractivity contribution in [2.75, 3.05) is 10.6 Å². The van der Waals surface area contributed by atoms with Crippen molar-refractivity contribution >= 4 is 23.3 Å². The summed E-state index contributed by atoms with van der Waals surface area (Å²) in [6, 6.07) is 4.09. The molecular weight excluding hydrogens is 325 g/mol. The molecule has 1 aromatic heterocycles. The van der Waals surface area contributed by atoms with Crippen LogP contribution in [0.4, 0.5) is 20.6 Å². The standard InChI is InChI=1S/C18H18FN3O3/c19-12-9-14-10(4-5-17(23)20-14)8-15(12)22-18(24)21-13-2-1-3-16-11(13)6-7-25-16/h6-9,13H,1-5H2,(H,20,23)(H2,21,22,24)/t13-/m0/s1. The summed E-state index contributed by atoms with van der Waals surface area (Å²) in [7, 11) is 0. The number of hydrogen-bond acceptors (Lipinski definition) is 3. The second kappa shape index (κ2) is 6.23. The van der Waals surface area contributed by atoms with E-state index in [0.29, 0.717) is 18.5 Å². The topological polar surface area (TPSA) is 83.4 Å². The van der Waals surface area contributed by atoms with E-state index in [1.807, 2.05) is 6.07 Å². The van der Waals surface area contributed by atoms with Crippen molar-refractivity contribution in [3.63, 3.8) is 0 Å². The van der Waals surface area contributed by atoms with Gasteiger partial charge in [0.2, 0.25) is 5.91 Å². The Morgan fingerprint density at radius 1 is 1.28 bits per heavy atom. The Morgan fingerprint density at radius 3 is 3.04 bits per heavy atom. The van der Waals surface area contributed by atoms with Crippen LogP contribution in [-0.4, -0.2) is 11.9 Å². The summed E-state index contributed by atoms with van der Waals surface area (Å²) in [5.74, 6) is 0.189. The number of amides is 3. The molecule has 2 heterocycles. The summed E-state index contributed by atoms with van der Waals surface area (Å²) < 4.78 is 19.6. The normalized spacial score (nSPS) is 18.8. The number of urea groups is 1. The van der Waals surface area contributed by atoms with Crippen molar-refractivity contribution in [2.45, 2.75) is 38.1 Å². The van der Waals surface area contributed by atoms with Crippen LogP contribution in [0.15, 0.2) is 28.9 Å². The summed E-state index contributed by atoms with van der Waals surface area (Å²) in [6.07, 6.45) is 5.12. The van der Waals surface area contributed by atoms with E-state index in [0.717, 1.165) is 36.1 Å². The lowest BCUT2D eigenvalue weighted by molar-refractivity contribution is -0.116. The molecule has 0 saturated heterocycles. The highest BCUT2D eigenvalue weighted by atomic mass is 19.1. The van der Waals surface area contributed by atoms with Crippen molar-refractivity contribution in [3.8, 4) is 0 Å². The van der Waals surface area contributed by atoms with Crippen molar-refractivity contribution in [3.05, 3.63) is 47.2 Å². The molecule has 2 aromatic rings. The first-order valence-corrected chi connectivity index (χ1v) is 8.36. The second-order valence-corrected chi connectivity index (χ2v) is 6.38. The van der Waals surface area contributed by atoms with Crippen LogP contribution in [0.25, 0.3) is 0 Å². The molecule has 0 bridgehead atoms. The maximum absolute atomic E-state index is 14.2. The van der Waals surface area contributed by atoms with Gasteiger partial charge in [0, 0.05) is 24.1 Å². The van der Waals surface area contributed by atoms with Gasteiger partial charge in [-0.05, 0) is 43.0 Å². The minimum Gasteiger partial charge on any atom is -0.469 e. The number of anilines is 2. The summed E-state index contributed by atoms with van der Waals surface area (Å²) in [6.45, 7) is 0. The Hall–Kier alpha value is -2.83. The third-order valence-electron chi connectivity index (χ3n) is 4.69. The number of halogens is 1. The fraction of sp³-hybridized carbons (Fsp3) is 0.333. The minimum atomic E-state index is -0.580. The molecular formula is C18H18FN3O3. The minimum absolute atomic E-state index is 0.107. The van der Waals surface area contributed by atoms with Crippen LogP contribution in [0, 0.1) is 5.82 Å². The highest BCUT2D eigenvalue weighted by Gasteiger charge is 2.25. The van der Waals surface area contributed by atoms with Crippen LogP contribution in [-0.2, 0) is 17.6 Å². The number of carbonyl (C=O) groups is 2. The first-order valence-electron chi connectivity index (χ1n) is 8.36. The van der Waals surface area contributed by atoms with Crippen molar-refractivity contribution in [1.29, 1.82) is 0 Å². The van der Waals surface area contributed by atoms with Crippen molar-refractivity contribution in [2.24, 2.45) is 0 Å². The van der Waals surface area contributed by atoms with Gasteiger partial charge in [-0.25, -0.2) is 9.18 Å². The van der Waals surface area contributed by atoms with Crippen molar-refractivity contribution in [1.82, 2.24) is 5.32 Å². The molecule has 0 saturated carbocycles. The predicted molar refractivity (Wildman–Crippen MR) is 89.9 cm³/mol. The van der Waals surface area contributed by atoms with Gasteiger partial charge in [0.25, 0.3) is 0 Å². The van der Waals surface area contributed by atoms with E-state index in [1.165, 1.54) is 6.07 Å². The van der Waals surface area contributed by atoms with Crippen LogP contribution in [0.3, 0.4) is 0 Å². The third kappa shape index (κ3) is 3.09. The smallest absolute Gasteiger partial charge is 0.319 e. The molecule has 3 N–H and O–H groups in total. The van der Waals surface area contributed by atoms with Crippen LogP contribution in [0.2, 0.25) is 0 Å². The van der Waals surface area contributed by atoms with Gasteiger partial charge in [-0.15, -0.1) is 0 Å². The zero-order chi connectivity index (χ0) is 17.4. The van der Waals surface area contributed by atoms with Gasteiger partial charge in [-0.3, -0.25) is 4.79 Å². The second-order valence-electron chi connectivity index (χ2n) is 6.38. The molecule has 0 radical (unpaired) electrons. The van der Waals surface area contributed by atoms with E-state index in [2.05, 4.69) is 16.0 Å². The van der Waals surface area contributed by atoms with Gasteiger partial charge >= 0.3 is 6.03 Å². The summed E-state index contributed by atoms with van der Waals surface area (Å²) in [5, 5.41) is 8.09. The lowest BCUT2D eigenvalue weighted by Gasteiger charge is -2.23. The molecule has 1 aliphatic carbocycles. The van der Waals surface area contributed by atoms with Gasteiger partial charge in [0.15, 0.2) is 0 Å². The fourth-order valence-electron chi connectivity index (χ4n) is 3.45. The number of rotatable bonds is 2. The van der Waals surface area contributed by atoms with Gasteiger partial charge in [0.05, 0.1) is 18.0 Å². The third-order valence-corrected chi connectivity index (χ3v) is 4.69. The lowest BCUT2D eigenvalue weighted by Crippen LogP contribution is -2.34. The molecule has 4 rings (SSSR count). The average Bonchev–Trinajstić information content (AvgIpc) is 3.05. The molecule has 2 aliphatic rings. The monoisotopic (exact) mass is 343 g/mol. The Kier molecular flexibility index (Phi) is 3.91. The SMILES string of the molecule is O=C1CCc2cc(NC(=O)N[C@H]3CCCc4occc43)c(F)cc2N1. The molecule has 1 atom stereocenters. The first-order chi connectivity index (χ1) is 12.1. The number of aryl methyl sites for hydroxylation is 2. The number of carbonyl (C=O) groups excluding carboxylic acids is 2. The Morgan fingerprint density at radius 2 is 2.16 bits per heavy atom. The molecule has 0 fully saturated rings. The summed E-state index contributed by atoms with van der Waals surface area (Å²) >= 11 is 0. The zero-order valence-electron chi connectivity index (χ0n) is 13.5. The highest BCUT2D eigenvalue weighted by Crippen LogP contribution is 2.31. The molecule has 130 valence electrons. The summed E-state index contributed by atoms with van der Waals surface area (Å²) in [5.41, 5.74) is 2.37. The number of fused-ring (bicyclic) bond motifs is 2. The Bertz CT molecular complexity index is 846. The number of benzene rings is 1. The van der Waals surface area contributed by atoms with E-state index in [9.17, 15) is 14.0 Å². The van der Waals surface area contributed by atoms with Gasteiger partial charge in [-0.1, -0.05) is 0 Å². The molecule has 3 amide bonds. The van der Waals surface area contributed by atoms with Gasteiger partial charge in [0.1, 0.15) is 11.6 Å². The molecule has 1 aliphatic heterocycles. The molecule has 0 spiro atoms. The van der Waals surface area contributed by atoms with Crippen LogP contribution in [0.1, 0.15) is 42.2 Å². The molecule has 6 nitrogen and oxygen atoms in total. The fourth-order valence-corrected chi connectivity index (χ4v) is 3.45. The maximum atomic E-state index is 14.2. The Labute approximate surface area is 143 Å². The van der Waals surface area contributed by atoms with E-state index in [4.69, 9.17) is 4.42 Å². The van der Waals surface area contributed by atoms with Gasteiger partial charge < -0.3 is 20.4 Å². The van der Waals surface area contributed by atoms with Crippen LogP contribution >= 0.6 is 0 Å². The highest BCUT2D eigenvalue weighted by molar-refractivity contribution is 5.95. The molecule has 0 unspecified atom stereocenters. The van der Waals surface area contributed by atoms with Crippen molar-refractivity contribution < 1.29 is 18.4 Å². The lowest BCUT2D eigenvalue weighted by atomic mass is 9.93. The Balaban J connectivity index is 1.48. The quantitative estimate of drug-likeness (QED) is 0.780. The van der Waals surface area contributed by atoms with E-state index in [1.54, 1.807) is 12.3 Å². The molecule has 25 heavy (non-hydrogen) atoms. The number of nitrogens with one attached hydrogen (secondary N) is 3. The molecule has 7 heteroatoms. The summed E-state index contributed by atoms with van der Waals surface area (Å²) in [4.78, 5) is 23.7. The van der Waals surface area contributed by atoms with Crippen LogP contribution in [0.5, 0.6) is 0 Å². The number of furan rings is 1. The van der Waals surface area contributed by atoms with E-state index in [-0.39, 0.29) is 17.6 Å². The van der Waals surface area contributed by atoms with E-state index >= 15 is 0 Å². The number of hydrogen-bond donors (Lipinski definition) is 3. The van der Waals surface area contributed by atoms with Crippen LogP contribution < -0.4 is 16.0 Å². The largest absolute Gasteiger partial charge is 0.469 e. The predicted octanol–water partition coefficient (Wildman–Crippen LogP) is 3.50. The molecule has 1 aromatic carbocycles. The first kappa shape index (κ1) is 15.7. The average molecular weight is 343 g/mol. The zero-order valence-corrected chi connectivity index (χ0v) is 13.5. The maximum Gasteiger partial charge on any atom is 0.319 e.